The van der Waals surface area contributed by atoms with E-state index in [4.69, 9.17) is 0 Å². The number of aliphatic hydroxyl groups is 1. The van der Waals surface area contributed by atoms with Gasteiger partial charge in [0.25, 0.3) is 5.91 Å². The number of aromatic hydroxyl groups is 2. The van der Waals surface area contributed by atoms with Gasteiger partial charge in [-0.3, -0.25) is 4.79 Å². The molecular formula is C25H33N5O4. The number of phenols is 2. The van der Waals surface area contributed by atoms with E-state index in [9.17, 15) is 20.1 Å². The fourth-order valence-corrected chi connectivity index (χ4v) is 3.75. The van der Waals surface area contributed by atoms with Gasteiger partial charge < -0.3 is 20.2 Å². The Balaban J connectivity index is 1.98. The number of hydrogen-bond acceptors (Lipinski definition) is 7. The fraction of sp³-hybridized carbons (Fsp3) is 0.440. The van der Waals surface area contributed by atoms with Crippen LogP contribution in [0.2, 0.25) is 0 Å². The summed E-state index contributed by atoms with van der Waals surface area (Å²) in [5, 5.41) is 42.4. The Morgan fingerprint density at radius 3 is 2.59 bits per heavy atom. The molecule has 0 fully saturated rings. The lowest BCUT2D eigenvalue weighted by atomic mass is 9.98. The topological polar surface area (TPSA) is 125 Å². The number of nitrogens with zero attached hydrogens (tertiary/aromatic N) is 5. The van der Waals surface area contributed by atoms with Crippen molar-refractivity contribution in [2.45, 2.75) is 46.6 Å². The van der Waals surface area contributed by atoms with Crippen LogP contribution in [-0.4, -0.2) is 66.0 Å². The SMILES string of the molecule is CCCCn1nnnc1-c1cc(-c2cccc(C(=O)N(CCO)CC(C)CC)c2)c(O)cc1O. The van der Waals surface area contributed by atoms with Crippen molar-refractivity contribution < 1.29 is 20.1 Å². The van der Waals surface area contributed by atoms with Crippen molar-refractivity contribution in [3.8, 4) is 34.0 Å². The lowest BCUT2D eigenvalue weighted by Gasteiger charge is -2.25. The summed E-state index contributed by atoms with van der Waals surface area (Å²) in [6, 6.07) is 9.86. The first-order valence-electron chi connectivity index (χ1n) is 11.7. The van der Waals surface area contributed by atoms with E-state index in [2.05, 4.69) is 36.3 Å². The van der Waals surface area contributed by atoms with Crippen LogP contribution < -0.4 is 0 Å². The molecule has 3 N–H and O–H groups in total. The third-order valence-electron chi connectivity index (χ3n) is 5.92. The number of hydrogen-bond donors (Lipinski definition) is 3. The number of amides is 1. The predicted octanol–water partition coefficient (Wildman–Crippen LogP) is 3.70. The molecule has 34 heavy (non-hydrogen) atoms. The Bertz CT molecular complexity index is 1110. The van der Waals surface area contributed by atoms with Gasteiger partial charge in [0, 0.05) is 36.8 Å². The number of carbonyl (C=O) groups excluding carboxylic acids is 1. The maximum atomic E-state index is 13.2. The number of aromatic nitrogens is 4. The predicted molar refractivity (Wildman–Crippen MR) is 129 cm³/mol. The lowest BCUT2D eigenvalue weighted by molar-refractivity contribution is 0.0694. The zero-order chi connectivity index (χ0) is 24.7. The van der Waals surface area contributed by atoms with E-state index in [-0.39, 0.29) is 30.6 Å². The summed E-state index contributed by atoms with van der Waals surface area (Å²) >= 11 is 0. The minimum atomic E-state index is -0.182. The Kier molecular flexibility index (Phi) is 8.59. The zero-order valence-corrected chi connectivity index (χ0v) is 20.0. The summed E-state index contributed by atoms with van der Waals surface area (Å²) in [7, 11) is 0. The van der Waals surface area contributed by atoms with Gasteiger partial charge in [0.2, 0.25) is 0 Å². The summed E-state index contributed by atoms with van der Waals surface area (Å²) < 4.78 is 1.63. The molecule has 1 atom stereocenters. The van der Waals surface area contributed by atoms with E-state index in [0.29, 0.717) is 47.1 Å². The molecule has 9 nitrogen and oxygen atoms in total. The van der Waals surface area contributed by atoms with Crippen molar-refractivity contribution in [1.82, 2.24) is 25.1 Å². The van der Waals surface area contributed by atoms with E-state index in [1.165, 1.54) is 6.07 Å². The van der Waals surface area contributed by atoms with Crippen molar-refractivity contribution in [1.29, 1.82) is 0 Å². The van der Waals surface area contributed by atoms with E-state index < -0.39 is 0 Å². The van der Waals surface area contributed by atoms with Crippen LogP contribution in [0.25, 0.3) is 22.5 Å². The highest BCUT2D eigenvalue weighted by molar-refractivity contribution is 5.96. The molecule has 0 aliphatic carbocycles. The molecule has 0 bridgehead atoms. The van der Waals surface area contributed by atoms with Crippen LogP contribution in [0.3, 0.4) is 0 Å². The average Bonchev–Trinajstić information content (AvgIpc) is 3.30. The molecule has 3 rings (SSSR count). The number of aliphatic hydroxyl groups excluding tert-OH is 1. The third-order valence-corrected chi connectivity index (χ3v) is 5.92. The van der Waals surface area contributed by atoms with Crippen LogP contribution >= 0.6 is 0 Å². The first kappa shape index (κ1) is 25.2. The number of phenolic OH excluding ortho intramolecular Hbond substituents is 2. The normalized spacial score (nSPS) is 12.0. The minimum Gasteiger partial charge on any atom is -0.507 e. The van der Waals surface area contributed by atoms with Crippen molar-refractivity contribution >= 4 is 5.91 Å². The minimum absolute atomic E-state index is 0.114. The number of tetrazole rings is 1. The van der Waals surface area contributed by atoms with Gasteiger partial charge in [0.15, 0.2) is 5.82 Å². The van der Waals surface area contributed by atoms with Crippen LogP contribution in [-0.2, 0) is 6.54 Å². The maximum Gasteiger partial charge on any atom is 0.253 e. The van der Waals surface area contributed by atoms with Crippen LogP contribution in [0.15, 0.2) is 36.4 Å². The van der Waals surface area contributed by atoms with Crippen LogP contribution in [0, 0.1) is 5.92 Å². The van der Waals surface area contributed by atoms with Crippen LogP contribution in [0.4, 0.5) is 0 Å². The molecule has 0 spiro atoms. The molecule has 0 aliphatic rings. The first-order valence-corrected chi connectivity index (χ1v) is 11.7. The molecule has 2 aromatic carbocycles. The van der Waals surface area contributed by atoms with Crippen LogP contribution in [0.1, 0.15) is 50.4 Å². The molecule has 0 radical (unpaired) electrons. The summed E-state index contributed by atoms with van der Waals surface area (Å²) in [5.74, 6) is 0.273. The van der Waals surface area contributed by atoms with Gasteiger partial charge in [-0.1, -0.05) is 45.7 Å². The fourth-order valence-electron chi connectivity index (χ4n) is 3.75. The smallest absolute Gasteiger partial charge is 0.253 e. The number of aryl methyl sites for hydroxylation is 1. The van der Waals surface area contributed by atoms with Gasteiger partial charge in [-0.2, -0.15) is 0 Å². The molecule has 1 aromatic heterocycles. The summed E-state index contributed by atoms with van der Waals surface area (Å²) in [4.78, 5) is 14.8. The van der Waals surface area contributed by atoms with Gasteiger partial charge in [0.1, 0.15) is 11.5 Å². The summed E-state index contributed by atoms with van der Waals surface area (Å²) in [6.07, 6.45) is 2.78. The van der Waals surface area contributed by atoms with Crippen LogP contribution in [0.5, 0.6) is 11.5 Å². The summed E-state index contributed by atoms with van der Waals surface area (Å²) in [6.45, 7) is 7.50. The van der Waals surface area contributed by atoms with Gasteiger partial charge in [0.05, 0.1) is 12.2 Å². The Morgan fingerprint density at radius 1 is 1.12 bits per heavy atom. The van der Waals surface area contributed by atoms with Crippen molar-refractivity contribution in [2.75, 3.05) is 19.7 Å². The van der Waals surface area contributed by atoms with E-state index in [1.807, 2.05) is 0 Å². The second kappa shape index (κ2) is 11.6. The number of carbonyl (C=O) groups is 1. The quantitative estimate of drug-likeness (QED) is 0.393. The number of benzene rings is 2. The number of unbranched alkanes of at least 4 members (excludes halogenated alkanes) is 1. The largest absolute Gasteiger partial charge is 0.507 e. The van der Waals surface area contributed by atoms with Crippen molar-refractivity contribution in [2.24, 2.45) is 5.92 Å². The Morgan fingerprint density at radius 2 is 1.88 bits per heavy atom. The molecule has 0 saturated heterocycles. The van der Waals surface area contributed by atoms with E-state index in [1.54, 1.807) is 39.9 Å². The zero-order valence-electron chi connectivity index (χ0n) is 20.0. The lowest BCUT2D eigenvalue weighted by Crippen LogP contribution is -2.36. The van der Waals surface area contributed by atoms with Crippen molar-refractivity contribution in [3.05, 3.63) is 42.0 Å². The monoisotopic (exact) mass is 467 g/mol. The second-order valence-corrected chi connectivity index (χ2v) is 8.53. The Hall–Kier alpha value is -3.46. The van der Waals surface area contributed by atoms with Gasteiger partial charge in [-0.15, -0.1) is 5.10 Å². The molecule has 9 heteroatoms. The number of rotatable bonds is 11. The average molecular weight is 468 g/mol. The van der Waals surface area contributed by atoms with E-state index in [0.717, 1.165) is 19.3 Å². The Labute approximate surface area is 199 Å². The first-order chi connectivity index (χ1) is 16.4. The molecule has 0 saturated carbocycles. The van der Waals surface area contributed by atoms with Gasteiger partial charge in [-0.05, 0) is 46.5 Å². The van der Waals surface area contributed by atoms with Crippen molar-refractivity contribution in [3.63, 3.8) is 0 Å². The molecule has 0 aliphatic heterocycles. The highest BCUT2D eigenvalue weighted by Crippen LogP contribution is 2.39. The molecular weight excluding hydrogens is 434 g/mol. The molecule has 182 valence electrons. The van der Waals surface area contributed by atoms with E-state index >= 15 is 0 Å². The highest BCUT2D eigenvalue weighted by atomic mass is 16.3. The standard InChI is InChI=1S/C25H33N5O4/c1-4-6-10-30-24(26-27-28-30)21-14-20(22(32)15-23(21)33)18-8-7-9-19(13-18)25(34)29(11-12-31)16-17(3)5-2/h7-9,13-15,17,31-33H,4-6,10-12,16H2,1-3H3. The highest BCUT2D eigenvalue weighted by Gasteiger charge is 2.20. The maximum absolute atomic E-state index is 13.2. The molecule has 1 heterocycles. The molecule has 1 amide bonds. The molecule has 3 aromatic rings. The van der Waals surface area contributed by atoms with Gasteiger partial charge >= 0.3 is 0 Å². The third kappa shape index (κ3) is 5.72. The second-order valence-electron chi connectivity index (χ2n) is 8.53. The summed E-state index contributed by atoms with van der Waals surface area (Å²) in [5.41, 5.74) is 1.91. The van der Waals surface area contributed by atoms with Gasteiger partial charge in [-0.25, -0.2) is 4.68 Å². The molecule has 1 unspecified atom stereocenters.